The molecule has 4 rings (SSSR count). The lowest BCUT2D eigenvalue weighted by molar-refractivity contribution is -0.139. The minimum atomic E-state index is -0.666. The molecule has 0 amide bonds. The Morgan fingerprint density at radius 1 is 1.30 bits per heavy atom. The van der Waals surface area contributed by atoms with Crippen LogP contribution in [-0.2, 0) is 16.1 Å². The summed E-state index contributed by atoms with van der Waals surface area (Å²) in [6.45, 7) is 3.73. The molecule has 2 heterocycles. The van der Waals surface area contributed by atoms with Crippen LogP contribution in [0, 0.1) is 5.82 Å². The van der Waals surface area contributed by atoms with Crippen LogP contribution in [0.3, 0.4) is 0 Å². The number of carbonyl (C=O) groups excluding carboxylic acids is 1. The Hall–Kier alpha value is -3.47. The van der Waals surface area contributed by atoms with E-state index in [2.05, 4.69) is 36.8 Å². The van der Waals surface area contributed by atoms with Crippen molar-refractivity contribution >= 4 is 27.8 Å². The molecule has 0 aliphatic carbocycles. The number of fused-ring (bicyclic) bond motifs is 1. The number of carbonyl (C=O) groups is 1. The topological polar surface area (TPSA) is 100 Å². The Balaban J connectivity index is 1.74. The van der Waals surface area contributed by atoms with Crippen LogP contribution in [0.15, 0.2) is 52.1 Å². The van der Waals surface area contributed by atoms with E-state index in [0.717, 1.165) is 0 Å². The molecule has 1 aromatic heterocycles. The molecule has 0 spiro atoms. The largest absolute Gasteiger partial charge is 0.493 e. The second kappa shape index (κ2) is 9.57. The van der Waals surface area contributed by atoms with Crippen LogP contribution in [0.5, 0.6) is 11.5 Å². The van der Waals surface area contributed by atoms with E-state index < -0.39 is 12.0 Å². The quantitative estimate of drug-likeness (QED) is 0.469. The maximum Gasteiger partial charge on any atom is 0.338 e. The number of tetrazole rings is 1. The van der Waals surface area contributed by atoms with Crippen LogP contribution in [-0.4, -0.2) is 39.9 Å². The summed E-state index contributed by atoms with van der Waals surface area (Å²) in [6, 6.07) is 9.23. The molecule has 0 fully saturated rings. The lowest BCUT2D eigenvalue weighted by atomic mass is 9.95. The molecular weight excluding hydrogens is 497 g/mol. The van der Waals surface area contributed by atoms with Crippen LogP contribution >= 0.6 is 15.9 Å². The summed E-state index contributed by atoms with van der Waals surface area (Å²) >= 11 is 3.52. The molecule has 172 valence electrons. The number of nitrogens with one attached hydrogen (secondary N) is 1. The van der Waals surface area contributed by atoms with E-state index in [9.17, 15) is 9.18 Å². The van der Waals surface area contributed by atoms with Gasteiger partial charge in [0.25, 0.3) is 0 Å². The monoisotopic (exact) mass is 517 g/mol. The number of hydrogen-bond donors (Lipinski definition) is 1. The predicted molar refractivity (Wildman–Crippen MR) is 120 cm³/mol. The predicted octanol–water partition coefficient (Wildman–Crippen LogP) is 4.01. The smallest absolute Gasteiger partial charge is 0.338 e. The number of benzene rings is 2. The zero-order valence-electron chi connectivity index (χ0n) is 18.1. The van der Waals surface area contributed by atoms with Crippen molar-refractivity contribution in [2.75, 3.05) is 19.0 Å². The van der Waals surface area contributed by atoms with Crippen molar-refractivity contribution in [3.8, 4) is 11.5 Å². The first-order valence-corrected chi connectivity index (χ1v) is 10.9. The standard InChI is InChI=1S/C22H21BrFN5O4/c1-4-32-21(30)18-12(2)25-22-26-27-28-29(22)19(18)14-9-15(23)20(17(10-14)31-3)33-11-13-7-5-6-8-16(13)24/h5-10,19H,4,11H2,1-3H3,(H,25,26,28). The molecule has 1 aliphatic heterocycles. The number of ether oxygens (including phenoxy) is 3. The Bertz CT molecular complexity index is 1230. The number of hydrogen-bond acceptors (Lipinski definition) is 8. The van der Waals surface area contributed by atoms with Gasteiger partial charge in [0.2, 0.25) is 5.95 Å². The zero-order valence-corrected chi connectivity index (χ0v) is 19.7. The van der Waals surface area contributed by atoms with Gasteiger partial charge in [-0.1, -0.05) is 23.3 Å². The first kappa shape index (κ1) is 22.7. The Morgan fingerprint density at radius 2 is 2.09 bits per heavy atom. The van der Waals surface area contributed by atoms with Crippen molar-refractivity contribution in [1.82, 2.24) is 20.2 Å². The average molecular weight is 518 g/mol. The van der Waals surface area contributed by atoms with Gasteiger partial charge >= 0.3 is 5.97 Å². The lowest BCUT2D eigenvalue weighted by Crippen LogP contribution is -2.29. The molecule has 11 heteroatoms. The molecule has 0 saturated carbocycles. The molecule has 1 unspecified atom stereocenters. The fourth-order valence-corrected chi connectivity index (χ4v) is 4.17. The summed E-state index contributed by atoms with van der Waals surface area (Å²) in [4.78, 5) is 12.8. The molecule has 0 bridgehead atoms. The van der Waals surface area contributed by atoms with Gasteiger partial charge in [0.15, 0.2) is 11.5 Å². The van der Waals surface area contributed by atoms with E-state index in [1.807, 2.05) is 0 Å². The zero-order chi connectivity index (χ0) is 23.5. The van der Waals surface area contributed by atoms with Gasteiger partial charge in [-0.3, -0.25) is 0 Å². The lowest BCUT2D eigenvalue weighted by Gasteiger charge is -2.28. The van der Waals surface area contributed by atoms with E-state index in [0.29, 0.717) is 44.3 Å². The number of halogens is 2. The highest BCUT2D eigenvalue weighted by atomic mass is 79.9. The number of anilines is 1. The SMILES string of the molecule is CCOC(=O)C1=C(C)Nc2nnnn2C1c1cc(Br)c(OCc2ccccc2F)c(OC)c1. The third kappa shape index (κ3) is 4.40. The molecule has 33 heavy (non-hydrogen) atoms. The number of esters is 1. The second-order valence-electron chi connectivity index (χ2n) is 7.15. The number of allylic oxidation sites excluding steroid dienone is 1. The molecular formula is C22H21BrFN5O4. The van der Waals surface area contributed by atoms with Gasteiger partial charge in [-0.25, -0.2) is 9.18 Å². The van der Waals surface area contributed by atoms with Gasteiger partial charge in [0, 0.05) is 11.3 Å². The van der Waals surface area contributed by atoms with Gasteiger partial charge in [0.1, 0.15) is 18.5 Å². The maximum absolute atomic E-state index is 14.0. The van der Waals surface area contributed by atoms with Crippen molar-refractivity contribution in [3.05, 3.63) is 69.1 Å². The van der Waals surface area contributed by atoms with E-state index in [1.54, 1.807) is 44.2 Å². The molecule has 1 N–H and O–H groups in total. The highest BCUT2D eigenvalue weighted by Gasteiger charge is 2.35. The maximum atomic E-state index is 14.0. The Kier molecular flexibility index (Phi) is 6.59. The molecule has 2 aromatic carbocycles. The second-order valence-corrected chi connectivity index (χ2v) is 8.00. The third-order valence-electron chi connectivity index (χ3n) is 5.11. The van der Waals surface area contributed by atoms with Crippen molar-refractivity contribution < 1.29 is 23.4 Å². The highest BCUT2D eigenvalue weighted by molar-refractivity contribution is 9.10. The van der Waals surface area contributed by atoms with Crippen LogP contribution < -0.4 is 14.8 Å². The molecule has 9 nitrogen and oxygen atoms in total. The van der Waals surface area contributed by atoms with Crippen LogP contribution in [0.2, 0.25) is 0 Å². The van der Waals surface area contributed by atoms with Gasteiger partial charge < -0.3 is 19.5 Å². The van der Waals surface area contributed by atoms with Crippen molar-refractivity contribution in [2.24, 2.45) is 0 Å². The van der Waals surface area contributed by atoms with Crippen LogP contribution in [0.25, 0.3) is 0 Å². The third-order valence-corrected chi connectivity index (χ3v) is 5.70. The Labute approximate surface area is 197 Å². The molecule has 1 aliphatic rings. The molecule has 0 saturated heterocycles. The number of nitrogens with zero attached hydrogens (tertiary/aromatic N) is 4. The molecule has 0 radical (unpaired) electrons. The summed E-state index contributed by atoms with van der Waals surface area (Å²) in [5.41, 5.74) is 2.02. The van der Waals surface area contributed by atoms with Gasteiger partial charge in [-0.05, 0) is 64.0 Å². The summed E-state index contributed by atoms with van der Waals surface area (Å²) in [6.07, 6.45) is 0. The molecule has 1 atom stereocenters. The van der Waals surface area contributed by atoms with Crippen molar-refractivity contribution in [1.29, 1.82) is 0 Å². The number of aromatic nitrogens is 4. The van der Waals surface area contributed by atoms with Gasteiger partial charge in [-0.2, -0.15) is 4.68 Å². The summed E-state index contributed by atoms with van der Waals surface area (Å²) in [5.74, 6) is 0.340. The van der Waals surface area contributed by atoms with Crippen molar-refractivity contribution in [2.45, 2.75) is 26.5 Å². The fraction of sp³-hybridized carbons (Fsp3) is 0.273. The van der Waals surface area contributed by atoms with E-state index >= 15 is 0 Å². The minimum Gasteiger partial charge on any atom is -0.493 e. The normalized spacial score (nSPS) is 15.0. The van der Waals surface area contributed by atoms with E-state index in [1.165, 1.54) is 17.9 Å². The summed E-state index contributed by atoms with van der Waals surface area (Å²) in [5, 5.41) is 14.8. The minimum absolute atomic E-state index is 0.0125. The summed E-state index contributed by atoms with van der Waals surface area (Å²) in [7, 11) is 1.50. The first-order chi connectivity index (χ1) is 15.9. The fourth-order valence-electron chi connectivity index (χ4n) is 3.60. The van der Waals surface area contributed by atoms with Crippen LogP contribution in [0.4, 0.5) is 10.3 Å². The van der Waals surface area contributed by atoms with Gasteiger partial charge in [-0.15, -0.1) is 0 Å². The van der Waals surface area contributed by atoms with Crippen LogP contribution in [0.1, 0.15) is 31.0 Å². The average Bonchev–Trinajstić information content (AvgIpc) is 3.26. The first-order valence-electron chi connectivity index (χ1n) is 10.1. The molecule has 3 aromatic rings. The van der Waals surface area contributed by atoms with Crippen molar-refractivity contribution in [3.63, 3.8) is 0 Å². The summed E-state index contributed by atoms with van der Waals surface area (Å²) < 4.78 is 32.8. The number of rotatable bonds is 7. The number of methoxy groups -OCH3 is 1. The van der Waals surface area contributed by atoms with E-state index in [4.69, 9.17) is 14.2 Å². The van der Waals surface area contributed by atoms with E-state index in [-0.39, 0.29) is 19.0 Å². The Morgan fingerprint density at radius 3 is 2.82 bits per heavy atom. The highest BCUT2D eigenvalue weighted by Crippen LogP contribution is 2.43. The van der Waals surface area contributed by atoms with Gasteiger partial charge in [0.05, 0.1) is 23.8 Å².